The van der Waals surface area contributed by atoms with Crippen molar-refractivity contribution in [3.63, 3.8) is 0 Å². The molecule has 0 radical (unpaired) electrons. The third-order valence-electron chi connectivity index (χ3n) is 4.66. The van der Waals surface area contributed by atoms with Crippen molar-refractivity contribution in [1.82, 2.24) is 10.6 Å². The predicted octanol–water partition coefficient (Wildman–Crippen LogP) is 5.13. The van der Waals surface area contributed by atoms with Gasteiger partial charge in [-0.05, 0) is 51.8 Å². The molecule has 5 heteroatoms. The molecule has 0 saturated heterocycles. The lowest BCUT2D eigenvalue weighted by Gasteiger charge is -2.20. The average molecular weight is 359 g/mol. The summed E-state index contributed by atoms with van der Waals surface area (Å²) in [5.41, 5.74) is 3.78. The van der Waals surface area contributed by atoms with Crippen LogP contribution in [-0.2, 0) is 0 Å². The Labute approximate surface area is 156 Å². The van der Waals surface area contributed by atoms with E-state index in [1.165, 1.54) is 0 Å². The third kappa shape index (κ3) is 5.43. The molecule has 1 aliphatic rings. The molecule has 142 valence electrons. The third-order valence-corrected chi connectivity index (χ3v) is 4.66. The highest BCUT2D eigenvalue weighted by molar-refractivity contribution is 5.79. The van der Waals surface area contributed by atoms with Crippen LogP contribution in [0.1, 0.15) is 51.5 Å². The van der Waals surface area contributed by atoms with Gasteiger partial charge in [0.05, 0.1) is 5.69 Å². The number of likely N-dealkylation sites (N-methyl/N-ethyl adjacent to an activating group) is 1. The number of benzene rings is 1. The van der Waals surface area contributed by atoms with Gasteiger partial charge in [0.15, 0.2) is 5.95 Å². The predicted molar refractivity (Wildman–Crippen MR) is 111 cm³/mol. The van der Waals surface area contributed by atoms with Crippen molar-refractivity contribution in [2.45, 2.75) is 52.0 Å². The Bertz CT molecular complexity index is 679. The van der Waals surface area contributed by atoms with Gasteiger partial charge in [0.1, 0.15) is 0 Å². The largest absolute Gasteiger partial charge is 0.385 e. The Balaban J connectivity index is 2.40. The van der Waals surface area contributed by atoms with Gasteiger partial charge in [-0.25, -0.2) is 0 Å². The van der Waals surface area contributed by atoms with Crippen molar-refractivity contribution in [1.29, 1.82) is 0 Å². The molecule has 1 aromatic carbocycles. The number of fused-ring (bicyclic) bond motifs is 1. The van der Waals surface area contributed by atoms with Gasteiger partial charge in [0.2, 0.25) is 0 Å². The summed E-state index contributed by atoms with van der Waals surface area (Å²) in [6, 6.07) is 5.94. The summed E-state index contributed by atoms with van der Waals surface area (Å²) < 4.78 is 14.8. The molecule has 1 atom stereocenters. The van der Waals surface area contributed by atoms with Gasteiger partial charge in [-0.15, -0.1) is 0 Å². The Morgan fingerprint density at radius 1 is 1.35 bits per heavy atom. The van der Waals surface area contributed by atoms with E-state index in [4.69, 9.17) is 0 Å². The molecule has 1 aliphatic heterocycles. The zero-order valence-corrected chi connectivity index (χ0v) is 16.2. The Kier molecular flexibility index (Phi) is 7.85. The average Bonchev–Trinajstić information content (AvgIpc) is 2.65. The lowest BCUT2D eigenvalue weighted by Crippen LogP contribution is -2.33. The van der Waals surface area contributed by atoms with Crippen LogP contribution in [0, 0.1) is 0 Å². The van der Waals surface area contributed by atoms with E-state index >= 15 is 0 Å². The van der Waals surface area contributed by atoms with Gasteiger partial charge >= 0.3 is 0 Å². The first kappa shape index (κ1) is 20.2. The number of nitrogens with zero attached hydrogens (tertiary/aromatic N) is 1. The maximum Gasteiger partial charge on any atom is 0.194 e. The van der Waals surface area contributed by atoms with E-state index in [1.807, 2.05) is 31.5 Å². The molecule has 1 unspecified atom stereocenters. The second-order valence-corrected chi connectivity index (χ2v) is 6.69. The SMILES string of the molecule is C=C1N/C(F)=C(\C)c2ccc(NCCC)cc2N=CCCCCC1NC. The molecule has 0 spiro atoms. The molecule has 1 heterocycles. The van der Waals surface area contributed by atoms with E-state index in [0.717, 1.165) is 55.6 Å². The van der Waals surface area contributed by atoms with Crippen molar-refractivity contribution < 1.29 is 4.39 Å². The van der Waals surface area contributed by atoms with Crippen LogP contribution in [0.4, 0.5) is 15.8 Å². The van der Waals surface area contributed by atoms with E-state index in [1.54, 1.807) is 6.92 Å². The molecule has 0 bridgehead atoms. The number of nitrogens with one attached hydrogen (secondary N) is 3. The molecular weight excluding hydrogens is 327 g/mol. The molecule has 26 heavy (non-hydrogen) atoms. The van der Waals surface area contributed by atoms with Crippen LogP contribution >= 0.6 is 0 Å². The van der Waals surface area contributed by atoms with E-state index < -0.39 is 0 Å². The van der Waals surface area contributed by atoms with Crippen LogP contribution in [-0.4, -0.2) is 25.8 Å². The van der Waals surface area contributed by atoms with Crippen molar-refractivity contribution in [3.8, 4) is 0 Å². The van der Waals surface area contributed by atoms with E-state index in [9.17, 15) is 4.39 Å². The zero-order chi connectivity index (χ0) is 18.9. The number of allylic oxidation sites excluding steroid dienone is 1. The van der Waals surface area contributed by atoms with Gasteiger partial charge in [-0.1, -0.05) is 26.0 Å². The first-order valence-electron chi connectivity index (χ1n) is 9.47. The van der Waals surface area contributed by atoms with Crippen LogP contribution in [0.3, 0.4) is 0 Å². The Morgan fingerprint density at radius 3 is 2.88 bits per heavy atom. The van der Waals surface area contributed by atoms with E-state index in [-0.39, 0.29) is 12.0 Å². The van der Waals surface area contributed by atoms with Crippen molar-refractivity contribution >= 4 is 23.2 Å². The molecule has 3 N–H and O–H groups in total. The molecule has 0 saturated carbocycles. The second kappa shape index (κ2) is 10.1. The Hall–Kier alpha value is -2.14. The van der Waals surface area contributed by atoms with Gasteiger partial charge < -0.3 is 16.0 Å². The van der Waals surface area contributed by atoms with E-state index in [2.05, 4.69) is 34.4 Å². The summed E-state index contributed by atoms with van der Waals surface area (Å²) in [5.74, 6) is -0.375. The molecule has 0 aliphatic carbocycles. The lowest BCUT2D eigenvalue weighted by molar-refractivity contribution is 0.502. The fraction of sp³-hybridized carbons (Fsp3) is 0.476. The smallest absolute Gasteiger partial charge is 0.194 e. The molecular formula is C21H31FN4. The Morgan fingerprint density at radius 2 is 2.15 bits per heavy atom. The normalized spacial score (nSPS) is 21.8. The number of halogens is 1. The lowest BCUT2D eigenvalue weighted by atomic mass is 10.0. The van der Waals surface area contributed by atoms with Crippen molar-refractivity contribution in [2.75, 3.05) is 18.9 Å². The summed E-state index contributed by atoms with van der Waals surface area (Å²) in [4.78, 5) is 4.63. The number of hydrogen-bond acceptors (Lipinski definition) is 4. The fourth-order valence-corrected chi connectivity index (χ4v) is 3.01. The number of anilines is 1. The monoisotopic (exact) mass is 358 g/mol. The van der Waals surface area contributed by atoms with Gasteiger partial charge in [0.25, 0.3) is 0 Å². The highest BCUT2D eigenvalue weighted by Crippen LogP contribution is 2.31. The standard InChI is InChI=1S/C21H31FN4/c1-5-12-24-17-10-11-18-15(2)21(22)26-16(3)19(23-4)9-7-6-8-13-25-20(18)14-17/h10-11,13-14,19,23-24,26H,3,5-9,12H2,1-2,4H3/b21-15+,25-13?. The van der Waals surface area contributed by atoms with Gasteiger partial charge in [-0.3, -0.25) is 4.99 Å². The summed E-state index contributed by atoms with van der Waals surface area (Å²) in [7, 11) is 1.88. The number of aliphatic imine (C=N–C) groups is 1. The maximum absolute atomic E-state index is 14.8. The summed E-state index contributed by atoms with van der Waals surface area (Å²) in [6.45, 7) is 8.82. The summed E-state index contributed by atoms with van der Waals surface area (Å²) >= 11 is 0. The van der Waals surface area contributed by atoms with Crippen molar-refractivity contribution in [3.05, 3.63) is 42.0 Å². The summed E-state index contributed by atoms with van der Waals surface area (Å²) in [6.07, 6.45) is 6.91. The highest BCUT2D eigenvalue weighted by Gasteiger charge is 2.15. The van der Waals surface area contributed by atoms with Crippen LogP contribution in [0.15, 0.2) is 41.4 Å². The van der Waals surface area contributed by atoms with Crippen LogP contribution in [0.5, 0.6) is 0 Å². The number of rotatable bonds is 4. The van der Waals surface area contributed by atoms with Gasteiger partial charge in [-0.2, -0.15) is 4.39 Å². The van der Waals surface area contributed by atoms with Crippen LogP contribution < -0.4 is 16.0 Å². The molecule has 0 fully saturated rings. The molecule has 2 rings (SSSR count). The second-order valence-electron chi connectivity index (χ2n) is 6.69. The molecule has 4 nitrogen and oxygen atoms in total. The summed E-state index contributed by atoms with van der Waals surface area (Å²) in [5, 5.41) is 9.42. The van der Waals surface area contributed by atoms with Crippen molar-refractivity contribution in [2.24, 2.45) is 4.99 Å². The van der Waals surface area contributed by atoms with Crippen LogP contribution in [0.25, 0.3) is 5.57 Å². The highest BCUT2D eigenvalue weighted by atomic mass is 19.1. The van der Waals surface area contributed by atoms with Crippen LogP contribution in [0.2, 0.25) is 0 Å². The van der Waals surface area contributed by atoms with Gasteiger partial charge in [0, 0.05) is 41.3 Å². The minimum Gasteiger partial charge on any atom is -0.385 e. The fourth-order valence-electron chi connectivity index (χ4n) is 3.01. The maximum atomic E-state index is 14.8. The molecule has 0 amide bonds. The van der Waals surface area contributed by atoms with E-state index in [0.29, 0.717) is 11.3 Å². The first-order chi connectivity index (χ1) is 12.6. The minimum absolute atomic E-state index is 0.0475. The minimum atomic E-state index is -0.375. The number of hydrogen-bond donors (Lipinski definition) is 3. The quantitative estimate of drug-likeness (QED) is 0.654. The zero-order valence-electron chi connectivity index (χ0n) is 16.2. The molecule has 1 aromatic rings. The first-order valence-corrected chi connectivity index (χ1v) is 9.47. The topological polar surface area (TPSA) is 48.5 Å². The molecule has 0 aromatic heterocycles.